The van der Waals surface area contributed by atoms with Gasteiger partial charge in [-0.3, -0.25) is 14.2 Å². The van der Waals surface area contributed by atoms with Gasteiger partial charge < -0.3 is 5.32 Å². The smallest absolute Gasteiger partial charge is 0.267 e. The van der Waals surface area contributed by atoms with E-state index in [2.05, 4.69) is 11.4 Å². The number of amides is 1. The summed E-state index contributed by atoms with van der Waals surface area (Å²) in [4.78, 5) is 33.2. The number of carbonyl (C=O) groups is 1. The van der Waals surface area contributed by atoms with E-state index in [1.807, 2.05) is 31.2 Å². The van der Waals surface area contributed by atoms with Crippen LogP contribution in [-0.4, -0.2) is 21.2 Å². The zero-order valence-electron chi connectivity index (χ0n) is 17.9. The van der Waals surface area contributed by atoms with E-state index in [0.29, 0.717) is 15.7 Å². The molecule has 0 unspecified atom stereocenters. The summed E-state index contributed by atoms with van der Waals surface area (Å²) in [5, 5.41) is 15.5. The third-order valence-electron chi connectivity index (χ3n) is 5.62. The van der Waals surface area contributed by atoms with Crippen LogP contribution in [0.1, 0.15) is 34.4 Å². The third kappa shape index (κ3) is 4.22. The van der Waals surface area contributed by atoms with Gasteiger partial charge in [0, 0.05) is 4.88 Å². The van der Waals surface area contributed by atoms with Gasteiger partial charge in [-0.2, -0.15) is 5.26 Å². The van der Waals surface area contributed by atoms with E-state index in [0.717, 1.165) is 52.7 Å². The molecule has 33 heavy (non-hydrogen) atoms. The van der Waals surface area contributed by atoms with Gasteiger partial charge in [0.1, 0.15) is 15.9 Å². The van der Waals surface area contributed by atoms with Gasteiger partial charge in [0.05, 0.1) is 22.4 Å². The molecule has 4 aromatic rings. The number of carbonyl (C=O) groups excluding carboxylic acids is 1. The largest absolute Gasteiger partial charge is 0.316 e. The number of rotatable bonds is 5. The first-order valence-electron chi connectivity index (χ1n) is 10.6. The van der Waals surface area contributed by atoms with Crippen LogP contribution in [0.5, 0.6) is 0 Å². The number of benzene rings is 1. The fourth-order valence-electron chi connectivity index (χ4n) is 3.99. The maximum Gasteiger partial charge on any atom is 0.267 e. The fraction of sp³-hybridized carbons (Fsp3) is 0.250. The predicted molar refractivity (Wildman–Crippen MR) is 135 cm³/mol. The van der Waals surface area contributed by atoms with Crippen molar-refractivity contribution in [3.8, 4) is 11.8 Å². The van der Waals surface area contributed by atoms with Gasteiger partial charge >= 0.3 is 0 Å². The molecule has 1 amide bonds. The molecule has 166 valence electrons. The SMILES string of the molecule is Cc1ccc(-n2c(SCC(=O)Nc3sccc3C#N)nc3sc4c(c3c2=O)CCCC4)cc1. The third-order valence-corrected chi connectivity index (χ3v) is 8.58. The summed E-state index contributed by atoms with van der Waals surface area (Å²) in [5.41, 5.74) is 3.36. The summed E-state index contributed by atoms with van der Waals surface area (Å²) in [6.45, 7) is 2.00. The lowest BCUT2D eigenvalue weighted by Gasteiger charge is -2.14. The van der Waals surface area contributed by atoms with Crippen molar-refractivity contribution in [3.05, 3.63) is 67.6 Å². The number of nitrogens with one attached hydrogen (secondary N) is 1. The van der Waals surface area contributed by atoms with Crippen LogP contribution >= 0.6 is 34.4 Å². The lowest BCUT2D eigenvalue weighted by molar-refractivity contribution is -0.113. The molecule has 0 fully saturated rings. The number of thiophene rings is 2. The van der Waals surface area contributed by atoms with Crippen LogP contribution in [0, 0.1) is 18.3 Å². The van der Waals surface area contributed by atoms with Crippen LogP contribution in [0.15, 0.2) is 45.7 Å². The van der Waals surface area contributed by atoms with E-state index in [9.17, 15) is 9.59 Å². The second-order valence-corrected chi connectivity index (χ2v) is 10.8. The Bertz CT molecular complexity index is 1460. The number of hydrogen-bond acceptors (Lipinski definition) is 7. The normalized spacial score (nSPS) is 13.0. The highest BCUT2D eigenvalue weighted by Crippen LogP contribution is 2.35. The fourth-order valence-corrected chi connectivity index (χ4v) is 6.86. The standard InChI is InChI=1S/C24H20N4O2S3/c1-14-6-8-16(9-7-14)28-23(30)20-17-4-2-3-5-18(17)33-22(20)27-24(28)32-13-19(29)26-21-15(12-25)10-11-31-21/h6-11H,2-5,13H2,1H3,(H,26,29). The van der Waals surface area contributed by atoms with Crippen LogP contribution in [0.25, 0.3) is 15.9 Å². The molecular formula is C24H20N4O2S3. The first-order chi connectivity index (χ1) is 16.0. The van der Waals surface area contributed by atoms with Crippen LogP contribution in [-0.2, 0) is 17.6 Å². The summed E-state index contributed by atoms with van der Waals surface area (Å²) >= 11 is 4.15. The Morgan fingerprint density at radius 1 is 1.24 bits per heavy atom. The molecule has 0 saturated carbocycles. The molecule has 0 atom stereocenters. The van der Waals surface area contributed by atoms with Gasteiger partial charge in [-0.05, 0) is 61.7 Å². The van der Waals surface area contributed by atoms with Crippen molar-refractivity contribution < 1.29 is 4.79 Å². The number of aromatic nitrogens is 2. The molecular weight excluding hydrogens is 472 g/mol. The molecule has 3 aromatic heterocycles. The molecule has 1 aliphatic rings. The van der Waals surface area contributed by atoms with Crippen molar-refractivity contribution in [2.75, 3.05) is 11.1 Å². The molecule has 9 heteroatoms. The molecule has 0 aliphatic heterocycles. The van der Waals surface area contributed by atoms with Crippen LogP contribution < -0.4 is 10.9 Å². The number of aryl methyl sites for hydroxylation is 3. The Labute approximate surface area is 202 Å². The number of nitrogens with zero attached hydrogens (tertiary/aromatic N) is 3. The number of nitriles is 1. The summed E-state index contributed by atoms with van der Waals surface area (Å²) in [7, 11) is 0. The molecule has 5 rings (SSSR count). The van der Waals surface area contributed by atoms with Crippen molar-refractivity contribution in [2.24, 2.45) is 0 Å². The molecule has 0 spiro atoms. The predicted octanol–water partition coefficient (Wildman–Crippen LogP) is 5.30. The summed E-state index contributed by atoms with van der Waals surface area (Å²) in [6.07, 6.45) is 4.14. The number of thioether (sulfide) groups is 1. The molecule has 0 saturated heterocycles. The number of anilines is 1. The lowest BCUT2D eigenvalue weighted by atomic mass is 9.97. The van der Waals surface area contributed by atoms with Crippen LogP contribution in [0.4, 0.5) is 5.00 Å². The second-order valence-electron chi connectivity index (χ2n) is 7.87. The topological polar surface area (TPSA) is 87.8 Å². The van der Waals surface area contributed by atoms with E-state index in [1.165, 1.54) is 28.0 Å². The first kappa shape index (κ1) is 21.9. The molecule has 3 heterocycles. The monoisotopic (exact) mass is 492 g/mol. The summed E-state index contributed by atoms with van der Waals surface area (Å²) in [5.74, 6) is -0.160. The van der Waals surface area contributed by atoms with Gasteiger partial charge in [-0.25, -0.2) is 4.98 Å². The molecule has 0 radical (unpaired) electrons. The zero-order valence-corrected chi connectivity index (χ0v) is 20.3. The maximum atomic E-state index is 13.7. The Morgan fingerprint density at radius 2 is 2.03 bits per heavy atom. The zero-order chi connectivity index (χ0) is 22.9. The Morgan fingerprint density at radius 3 is 2.82 bits per heavy atom. The van der Waals surface area contributed by atoms with Gasteiger partial charge in [-0.15, -0.1) is 22.7 Å². The Hall–Kier alpha value is -2.93. The average Bonchev–Trinajstić information content (AvgIpc) is 3.42. The van der Waals surface area contributed by atoms with Gasteiger partial charge in [0.2, 0.25) is 5.91 Å². The molecule has 0 bridgehead atoms. The van der Waals surface area contributed by atoms with Gasteiger partial charge in [-0.1, -0.05) is 29.5 Å². The van der Waals surface area contributed by atoms with Crippen molar-refractivity contribution in [3.63, 3.8) is 0 Å². The number of fused-ring (bicyclic) bond motifs is 3. The highest BCUT2D eigenvalue weighted by atomic mass is 32.2. The molecule has 6 nitrogen and oxygen atoms in total. The number of hydrogen-bond donors (Lipinski definition) is 1. The highest BCUT2D eigenvalue weighted by molar-refractivity contribution is 7.99. The Kier molecular flexibility index (Phi) is 6.06. The maximum absolute atomic E-state index is 13.7. The second kappa shape index (κ2) is 9.14. The van der Waals surface area contributed by atoms with Crippen molar-refractivity contribution in [2.45, 2.75) is 37.8 Å². The molecule has 1 aliphatic carbocycles. The minimum absolute atomic E-state index is 0.0730. The minimum Gasteiger partial charge on any atom is -0.316 e. The van der Waals surface area contributed by atoms with Gasteiger partial charge in [0.25, 0.3) is 5.56 Å². The Balaban J connectivity index is 1.53. The van der Waals surface area contributed by atoms with Crippen molar-refractivity contribution >= 4 is 55.6 Å². The first-order valence-corrected chi connectivity index (χ1v) is 13.3. The van der Waals surface area contributed by atoms with Crippen LogP contribution in [0.3, 0.4) is 0 Å². The van der Waals surface area contributed by atoms with E-state index < -0.39 is 0 Å². The minimum atomic E-state index is -0.241. The van der Waals surface area contributed by atoms with E-state index in [4.69, 9.17) is 10.2 Å². The highest BCUT2D eigenvalue weighted by Gasteiger charge is 2.23. The van der Waals surface area contributed by atoms with Gasteiger partial charge in [0.15, 0.2) is 5.16 Å². The van der Waals surface area contributed by atoms with Crippen molar-refractivity contribution in [1.82, 2.24) is 9.55 Å². The summed E-state index contributed by atoms with van der Waals surface area (Å²) < 4.78 is 1.63. The van der Waals surface area contributed by atoms with E-state index in [-0.39, 0.29) is 17.2 Å². The van der Waals surface area contributed by atoms with E-state index in [1.54, 1.807) is 27.4 Å². The molecule has 1 N–H and O–H groups in total. The quantitative estimate of drug-likeness (QED) is 0.302. The van der Waals surface area contributed by atoms with E-state index >= 15 is 0 Å². The molecule has 1 aromatic carbocycles. The lowest BCUT2D eigenvalue weighted by Crippen LogP contribution is -2.23. The van der Waals surface area contributed by atoms with Crippen LogP contribution in [0.2, 0.25) is 0 Å². The van der Waals surface area contributed by atoms with Crippen molar-refractivity contribution in [1.29, 1.82) is 5.26 Å². The summed E-state index contributed by atoms with van der Waals surface area (Å²) in [6, 6.07) is 11.5. The average molecular weight is 493 g/mol.